The quantitative estimate of drug-likeness (QED) is 0.335. The molecule has 0 aliphatic carbocycles. The second-order valence-electron chi connectivity index (χ2n) is 7.71. The molecule has 4 rings (SSSR count). The summed E-state index contributed by atoms with van der Waals surface area (Å²) in [6.45, 7) is 7.05. The first-order chi connectivity index (χ1) is 14.8. The molecule has 3 heterocycles. The lowest BCUT2D eigenvalue weighted by molar-refractivity contribution is 0.372. The minimum atomic E-state index is 0. The van der Waals surface area contributed by atoms with Crippen LogP contribution in [0.15, 0.2) is 34.6 Å². The molecule has 7 nitrogen and oxygen atoms in total. The van der Waals surface area contributed by atoms with Crippen LogP contribution in [0.1, 0.15) is 18.5 Å². The maximum atomic E-state index is 5.26. The van der Waals surface area contributed by atoms with Crippen LogP contribution in [0.25, 0.3) is 0 Å². The summed E-state index contributed by atoms with van der Waals surface area (Å²) in [5.41, 5.74) is 2.42. The number of methoxy groups -OCH3 is 1. The van der Waals surface area contributed by atoms with E-state index in [1.165, 1.54) is 29.4 Å². The Hall–Kier alpha value is -1.75. The van der Waals surface area contributed by atoms with E-state index in [1.807, 2.05) is 19.2 Å². The Balaban J connectivity index is 0.00000272. The zero-order valence-corrected chi connectivity index (χ0v) is 21.6. The molecule has 9 heteroatoms. The number of ether oxygens (including phenoxy) is 1. The summed E-state index contributed by atoms with van der Waals surface area (Å²) in [6, 6.07) is 8.31. The standard InChI is InChI=1S/C22H32N6OS.HI/c1-23-21(24-10-9-18-17-30-22(25-18)28-11-3-4-12-28)27-15-13-26(14-16-27)19-5-7-20(29-2)8-6-19;/h5-8,17H,3-4,9-16H2,1-2H3,(H,23,24);1H. The molecule has 2 saturated heterocycles. The molecule has 170 valence electrons. The van der Waals surface area contributed by atoms with Gasteiger partial charge in [0, 0.05) is 70.3 Å². The molecule has 1 aromatic heterocycles. The van der Waals surface area contributed by atoms with E-state index in [4.69, 9.17) is 9.72 Å². The summed E-state index contributed by atoms with van der Waals surface area (Å²) >= 11 is 1.77. The van der Waals surface area contributed by atoms with Gasteiger partial charge in [0.05, 0.1) is 12.8 Å². The fraction of sp³-hybridized carbons (Fsp3) is 0.545. The van der Waals surface area contributed by atoms with Crippen molar-refractivity contribution in [3.8, 4) is 5.75 Å². The van der Waals surface area contributed by atoms with Crippen LogP contribution >= 0.6 is 35.3 Å². The molecule has 2 aliphatic rings. The fourth-order valence-electron chi connectivity index (χ4n) is 4.07. The first-order valence-electron chi connectivity index (χ1n) is 10.8. The Labute approximate surface area is 206 Å². The van der Waals surface area contributed by atoms with Crippen LogP contribution in [0.4, 0.5) is 10.8 Å². The number of aliphatic imine (C=N–C) groups is 1. The molecule has 1 N–H and O–H groups in total. The molecule has 0 radical (unpaired) electrons. The highest BCUT2D eigenvalue weighted by molar-refractivity contribution is 14.0. The molecule has 2 aliphatic heterocycles. The average molecular weight is 557 g/mol. The summed E-state index contributed by atoms with van der Waals surface area (Å²) in [5.74, 6) is 1.88. The van der Waals surface area contributed by atoms with Crippen molar-refractivity contribution in [2.75, 3.05) is 69.8 Å². The summed E-state index contributed by atoms with van der Waals surface area (Å²) in [6.07, 6.45) is 3.51. The lowest BCUT2D eigenvalue weighted by Crippen LogP contribution is -2.52. The first-order valence-corrected chi connectivity index (χ1v) is 11.7. The van der Waals surface area contributed by atoms with Gasteiger partial charge in [-0.25, -0.2) is 4.98 Å². The third-order valence-corrected chi connectivity index (χ3v) is 6.76. The van der Waals surface area contributed by atoms with Crippen molar-refractivity contribution in [1.82, 2.24) is 15.2 Å². The number of halogens is 1. The molecule has 2 aromatic rings. The number of hydrogen-bond donors (Lipinski definition) is 1. The van der Waals surface area contributed by atoms with E-state index in [-0.39, 0.29) is 24.0 Å². The molecule has 0 spiro atoms. The third kappa shape index (κ3) is 6.15. The number of anilines is 2. The lowest BCUT2D eigenvalue weighted by atomic mass is 10.2. The number of aromatic nitrogens is 1. The summed E-state index contributed by atoms with van der Waals surface area (Å²) in [5, 5.41) is 6.91. The highest BCUT2D eigenvalue weighted by Crippen LogP contribution is 2.24. The number of nitrogens with zero attached hydrogens (tertiary/aromatic N) is 5. The van der Waals surface area contributed by atoms with Crippen molar-refractivity contribution in [1.29, 1.82) is 0 Å². The van der Waals surface area contributed by atoms with E-state index in [9.17, 15) is 0 Å². The van der Waals surface area contributed by atoms with E-state index in [0.29, 0.717) is 0 Å². The predicted molar refractivity (Wildman–Crippen MR) is 141 cm³/mol. The van der Waals surface area contributed by atoms with Crippen LogP contribution in [0.2, 0.25) is 0 Å². The number of nitrogens with one attached hydrogen (secondary N) is 1. The molecule has 31 heavy (non-hydrogen) atoms. The minimum absolute atomic E-state index is 0. The number of guanidine groups is 1. The van der Waals surface area contributed by atoms with Gasteiger partial charge in [-0.05, 0) is 37.1 Å². The third-order valence-electron chi connectivity index (χ3n) is 5.81. The summed E-state index contributed by atoms with van der Waals surface area (Å²) in [7, 11) is 3.57. The SMILES string of the molecule is CN=C(NCCc1csc(N2CCCC2)n1)N1CCN(c2ccc(OC)cc2)CC1.I. The van der Waals surface area contributed by atoms with Gasteiger partial charge in [-0.2, -0.15) is 0 Å². The van der Waals surface area contributed by atoms with Crippen molar-refractivity contribution in [2.24, 2.45) is 4.99 Å². The van der Waals surface area contributed by atoms with Gasteiger partial charge in [-0.1, -0.05) is 0 Å². The maximum Gasteiger partial charge on any atom is 0.193 e. The van der Waals surface area contributed by atoms with E-state index < -0.39 is 0 Å². The normalized spacial score (nSPS) is 17.0. The van der Waals surface area contributed by atoms with Gasteiger partial charge < -0.3 is 24.8 Å². The lowest BCUT2D eigenvalue weighted by Gasteiger charge is -2.37. The molecule has 2 fully saturated rings. The minimum Gasteiger partial charge on any atom is -0.497 e. The Morgan fingerprint density at radius 2 is 1.77 bits per heavy atom. The number of piperazine rings is 1. The van der Waals surface area contributed by atoms with Crippen LogP contribution in [0, 0.1) is 0 Å². The van der Waals surface area contributed by atoms with Gasteiger partial charge in [0.1, 0.15) is 5.75 Å². The zero-order chi connectivity index (χ0) is 20.8. The van der Waals surface area contributed by atoms with Crippen LogP contribution in [-0.2, 0) is 6.42 Å². The van der Waals surface area contributed by atoms with Gasteiger partial charge in [-0.15, -0.1) is 35.3 Å². The second-order valence-corrected chi connectivity index (χ2v) is 8.55. The molecule has 0 saturated carbocycles. The summed E-state index contributed by atoms with van der Waals surface area (Å²) in [4.78, 5) is 16.5. The van der Waals surface area contributed by atoms with Crippen LogP contribution in [-0.4, -0.2) is 75.8 Å². The van der Waals surface area contributed by atoms with Gasteiger partial charge >= 0.3 is 0 Å². The van der Waals surface area contributed by atoms with Crippen molar-refractivity contribution < 1.29 is 4.74 Å². The number of rotatable bonds is 6. The average Bonchev–Trinajstić information content (AvgIpc) is 3.49. The number of benzene rings is 1. The van der Waals surface area contributed by atoms with Crippen molar-refractivity contribution in [3.63, 3.8) is 0 Å². The van der Waals surface area contributed by atoms with Crippen molar-refractivity contribution >= 4 is 52.1 Å². The topological polar surface area (TPSA) is 56.2 Å². The van der Waals surface area contributed by atoms with Crippen LogP contribution in [0.3, 0.4) is 0 Å². The van der Waals surface area contributed by atoms with E-state index >= 15 is 0 Å². The predicted octanol–water partition coefficient (Wildman–Crippen LogP) is 3.31. The van der Waals surface area contributed by atoms with E-state index in [2.05, 4.69) is 42.5 Å². The maximum absolute atomic E-state index is 5.26. The molecule has 0 bridgehead atoms. The monoisotopic (exact) mass is 556 g/mol. The molecule has 0 unspecified atom stereocenters. The number of hydrogen-bond acceptors (Lipinski definition) is 6. The zero-order valence-electron chi connectivity index (χ0n) is 18.4. The van der Waals surface area contributed by atoms with E-state index in [1.54, 1.807) is 18.4 Å². The Morgan fingerprint density at radius 1 is 1.06 bits per heavy atom. The molecular formula is C22H33IN6OS. The van der Waals surface area contributed by atoms with Gasteiger partial charge in [0.2, 0.25) is 0 Å². The van der Waals surface area contributed by atoms with Gasteiger partial charge in [0.25, 0.3) is 0 Å². The Kier molecular flexibility index (Phi) is 9.06. The van der Waals surface area contributed by atoms with Crippen molar-refractivity contribution in [3.05, 3.63) is 35.3 Å². The highest BCUT2D eigenvalue weighted by Gasteiger charge is 2.20. The van der Waals surface area contributed by atoms with Gasteiger partial charge in [-0.3, -0.25) is 4.99 Å². The molecule has 1 aromatic carbocycles. The smallest absolute Gasteiger partial charge is 0.193 e. The number of thiazole rings is 1. The molecular weight excluding hydrogens is 523 g/mol. The highest BCUT2D eigenvalue weighted by atomic mass is 127. The van der Waals surface area contributed by atoms with Gasteiger partial charge in [0.15, 0.2) is 11.1 Å². The van der Waals surface area contributed by atoms with Crippen LogP contribution < -0.4 is 19.9 Å². The Bertz CT molecular complexity index is 829. The van der Waals surface area contributed by atoms with Crippen molar-refractivity contribution in [2.45, 2.75) is 19.3 Å². The van der Waals surface area contributed by atoms with E-state index in [0.717, 1.165) is 63.9 Å². The molecule has 0 atom stereocenters. The largest absolute Gasteiger partial charge is 0.497 e. The Morgan fingerprint density at radius 3 is 2.42 bits per heavy atom. The van der Waals surface area contributed by atoms with Crippen LogP contribution in [0.5, 0.6) is 5.75 Å². The second kappa shape index (κ2) is 11.8. The summed E-state index contributed by atoms with van der Waals surface area (Å²) < 4.78 is 5.26. The fourth-order valence-corrected chi connectivity index (χ4v) is 4.98. The molecule has 0 amide bonds. The first kappa shape index (κ1) is 23.9.